The zero-order chi connectivity index (χ0) is 12.3. The second-order valence-corrected chi connectivity index (χ2v) is 3.03. The van der Waals surface area contributed by atoms with E-state index in [4.69, 9.17) is 16.7 Å². The lowest BCUT2D eigenvalue weighted by atomic mass is 10.2. The third-order valence-electron chi connectivity index (χ3n) is 1.63. The standard InChI is InChI=1S/C8H7ClF3NO3/c9-2-5-6(15)1-4(3-14)7(13-5)16-8(10,11)12/h1,14-15H,2-3H2. The van der Waals surface area contributed by atoms with E-state index in [0.717, 1.165) is 6.07 Å². The molecule has 4 nitrogen and oxygen atoms in total. The number of pyridine rings is 1. The van der Waals surface area contributed by atoms with Gasteiger partial charge in [-0.05, 0) is 6.07 Å². The highest BCUT2D eigenvalue weighted by Gasteiger charge is 2.33. The van der Waals surface area contributed by atoms with Crippen molar-refractivity contribution in [3.8, 4) is 11.6 Å². The van der Waals surface area contributed by atoms with Crippen LogP contribution in [0.5, 0.6) is 11.6 Å². The molecule has 0 amide bonds. The maximum atomic E-state index is 12.0. The van der Waals surface area contributed by atoms with Gasteiger partial charge in [-0.25, -0.2) is 4.98 Å². The normalized spacial score (nSPS) is 11.6. The van der Waals surface area contributed by atoms with Crippen molar-refractivity contribution in [3.05, 3.63) is 17.3 Å². The molecule has 0 aliphatic heterocycles. The van der Waals surface area contributed by atoms with Crippen LogP contribution in [0, 0.1) is 0 Å². The van der Waals surface area contributed by atoms with E-state index in [-0.39, 0.29) is 17.1 Å². The number of hydrogen-bond acceptors (Lipinski definition) is 4. The van der Waals surface area contributed by atoms with Crippen LogP contribution in [0.3, 0.4) is 0 Å². The molecule has 1 heterocycles. The van der Waals surface area contributed by atoms with Crippen molar-refractivity contribution in [2.75, 3.05) is 0 Å². The van der Waals surface area contributed by atoms with Crippen LogP contribution in [0.4, 0.5) is 13.2 Å². The fourth-order valence-electron chi connectivity index (χ4n) is 0.971. The monoisotopic (exact) mass is 257 g/mol. The minimum atomic E-state index is -4.92. The molecule has 16 heavy (non-hydrogen) atoms. The lowest BCUT2D eigenvalue weighted by Gasteiger charge is -2.12. The van der Waals surface area contributed by atoms with E-state index < -0.39 is 24.6 Å². The average molecular weight is 258 g/mol. The van der Waals surface area contributed by atoms with Crippen molar-refractivity contribution < 1.29 is 28.1 Å². The molecule has 0 unspecified atom stereocenters. The number of rotatable bonds is 3. The summed E-state index contributed by atoms with van der Waals surface area (Å²) in [6, 6.07) is 0.922. The van der Waals surface area contributed by atoms with Crippen LogP contribution >= 0.6 is 11.6 Å². The Bertz CT molecular complexity index is 384. The number of alkyl halides is 4. The van der Waals surface area contributed by atoms with Crippen LogP contribution < -0.4 is 4.74 Å². The molecule has 1 rings (SSSR count). The molecular formula is C8H7ClF3NO3. The molecular weight excluding hydrogens is 251 g/mol. The molecule has 0 aromatic carbocycles. The minimum absolute atomic E-state index is 0.155. The Balaban J connectivity index is 3.15. The van der Waals surface area contributed by atoms with Crippen LogP contribution in [-0.2, 0) is 12.5 Å². The Morgan fingerprint density at radius 2 is 2.06 bits per heavy atom. The molecule has 0 bridgehead atoms. The van der Waals surface area contributed by atoms with Crippen molar-refractivity contribution in [2.45, 2.75) is 18.8 Å². The fraction of sp³-hybridized carbons (Fsp3) is 0.375. The molecule has 1 aromatic rings. The van der Waals surface area contributed by atoms with E-state index >= 15 is 0 Å². The number of halogens is 4. The van der Waals surface area contributed by atoms with Crippen molar-refractivity contribution in [3.63, 3.8) is 0 Å². The van der Waals surface area contributed by atoms with Gasteiger partial charge < -0.3 is 14.9 Å². The van der Waals surface area contributed by atoms with Gasteiger partial charge in [0.05, 0.1) is 12.5 Å². The van der Waals surface area contributed by atoms with E-state index in [1.54, 1.807) is 0 Å². The van der Waals surface area contributed by atoms with Crippen molar-refractivity contribution in [1.29, 1.82) is 0 Å². The third-order valence-corrected chi connectivity index (χ3v) is 1.88. The van der Waals surface area contributed by atoms with Gasteiger partial charge in [0.25, 0.3) is 0 Å². The molecule has 0 aliphatic carbocycles. The van der Waals surface area contributed by atoms with Gasteiger partial charge in [-0.1, -0.05) is 0 Å². The summed E-state index contributed by atoms with van der Waals surface area (Å²) in [4.78, 5) is 3.36. The van der Waals surface area contributed by atoms with Gasteiger partial charge in [0.15, 0.2) is 0 Å². The third kappa shape index (κ3) is 3.14. The summed E-state index contributed by atoms with van der Waals surface area (Å²) in [6.07, 6.45) is -4.92. The first-order valence-corrected chi connectivity index (χ1v) is 4.55. The van der Waals surface area contributed by atoms with E-state index in [9.17, 15) is 18.3 Å². The summed E-state index contributed by atoms with van der Waals surface area (Å²) in [7, 11) is 0. The summed E-state index contributed by atoms with van der Waals surface area (Å²) < 4.78 is 39.4. The predicted molar refractivity (Wildman–Crippen MR) is 48.1 cm³/mol. The lowest BCUT2D eigenvalue weighted by molar-refractivity contribution is -0.276. The fourth-order valence-corrected chi connectivity index (χ4v) is 1.17. The summed E-state index contributed by atoms with van der Waals surface area (Å²) in [5.41, 5.74) is -0.429. The topological polar surface area (TPSA) is 62.6 Å². The Morgan fingerprint density at radius 3 is 2.50 bits per heavy atom. The van der Waals surface area contributed by atoms with Crippen molar-refractivity contribution in [1.82, 2.24) is 4.98 Å². The smallest absolute Gasteiger partial charge is 0.506 e. The first-order valence-electron chi connectivity index (χ1n) is 4.01. The Labute approximate surface area is 93.2 Å². The van der Waals surface area contributed by atoms with Crippen LogP contribution in [0.1, 0.15) is 11.3 Å². The average Bonchev–Trinajstić information content (AvgIpc) is 2.18. The molecule has 0 fully saturated rings. The summed E-state index contributed by atoms with van der Waals surface area (Å²) in [5.74, 6) is -1.48. The predicted octanol–water partition coefficient (Wildman–Crippen LogP) is 1.92. The van der Waals surface area contributed by atoms with Gasteiger partial charge in [-0.2, -0.15) is 0 Å². The van der Waals surface area contributed by atoms with E-state index in [2.05, 4.69) is 9.72 Å². The highest BCUT2D eigenvalue weighted by Crippen LogP contribution is 2.29. The quantitative estimate of drug-likeness (QED) is 0.812. The Hall–Kier alpha value is -1.21. The molecule has 2 N–H and O–H groups in total. The zero-order valence-corrected chi connectivity index (χ0v) is 8.51. The van der Waals surface area contributed by atoms with Gasteiger partial charge in [-0.3, -0.25) is 0 Å². The molecule has 0 radical (unpaired) electrons. The molecule has 0 atom stereocenters. The number of hydrogen-bond donors (Lipinski definition) is 2. The maximum Gasteiger partial charge on any atom is 0.574 e. The minimum Gasteiger partial charge on any atom is -0.506 e. The first-order chi connectivity index (χ1) is 7.37. The molecule has 0 aliphatic rings. The van der Waals surface area contributed by atoms with Crippen LogP contribution in [-0.4, -0.2) is 21.6 Å². The van der Waals surface area contributed by atoms with Crippen LogP contribution in [0.15, 0.2) is 6.07 Å². The second-order valence-electron chi connectivity index (χ2n) is 2.76. The number of ether oxygens (including phenoxy) is 1. The second kappa shape index (κ2) is 4.75. The number of aromatic hydroxyl groups is 1. The summed E-state index contributed by atoms with van der Waals surface area (Å²) in [5, 5.41) is 18.0. The van der Waals surface area contributed by atoms with Crippen molar-refractivity contribution in [2.24, 2.45) is 0 Å². The van der Waals surface area contributed by atoms with E-state index in [1.165, 1.54) is 0 Å². The van der Waals surface area contributed by atoms with Crippen LogP contribution in [0.2, 0.25) is 0 Å². The molecule has 0 saturated carbocycles. The highest BCUT2D eigenvalue weighted by atomic mass is 35.5. The van der Waals surface area contributed by atoms with Crippen LogP contribution in [0.25, 0.3) is 0 Å². The number of nitrogens with zero attached hydrogens (tertiary/aromatic N) is 1. The molecule has 0 spiro atoms. The largest absolute Gasteiger partial charge is 0.574 e. The molecule has 90 valence electrons. The first kappa shape index (κ1) is 12.9. The van der Waals surface area contributed by atoms with Gasteiger partial charge in [0.2, 0.25) is 5.88 Å². The Kier molecular flexibility index (Phi) is 3.82. The molecule has 1 aromatic heterocycles. The number of aromatic nitrogens is 1. The Morgan fingerprint density at radius 1 is 1.44 bits per heavy atom. The SMILES string of the molecule is OCc1cc(O)c(CCl)nc1OC(F)(F)F. The molecule has 0 saturated heterocycles. The van der Waals surface area contributed by atoms with E-state index in [0.29, 0.717) is 0 Å². The van der Waals surface area contributed by atoms with Gasteiger partial charge in [-0.15, -0.1) is 24.8 Å². The van der Waals surface area contributed by atoms with Gasteiger partial charge in [0.1, 0.15) is 11.4 Å². The molecule has 8 heteroatoms. The van der Waals surface area contributed by atoms with E-state index in [1.807, 2.05) is 0 Å². The number of aliphatic hydroxyl groups excluding tert-OH is 1. The number of aliphatic hydroxyl groups is 1. The maximum absolute atomic E-state index is 12.0. The van der Waals surface area contributed by atoms with Gasteiger partial charge >= 0.3 is 6.36 Å². The van der Waals surface area contributed by atoms with Crippen molar-refractivity contribution >= 4 is 11.6 Å². The summed E-state index contributed by atoms with van der Waals surface area (Å²) in [6.45, 7) is -0.742. The summed E-state index contributed by atoms with van der Waals surface area (Å²) >= 11 is 5.35. The lowest BCUT2D eigenvalue weighted by Crippen LogP contribution is -2.19. The highest BCUT2D eigenvalue weighted by molar-refractivity contribution is 6.17. The van der Waals surface area contributed by atoms with Gasteiger partial charge in [0, 0.05) is 5.56 Å². The zero-order valence-electron chi connectivity index (χ0n) is 7.75.